The van der Waals surface area contributed by atoms with E-state index in [1.54, 1.807) is 7.11 Å². The van der Waals surface area contributed by atoms with Crippen LogP contribution in [0.25, 0.3) is 0 Å². The summed E-state index contributed by atoms with van der Waals surface area (Å²) in [4.78, 5) is 4.57. The zero-order valence-corrected chi connectivity index (χ0v) is 10.2. The highest BCUT2D eigenvalue weighted by Crippen LogP contribution is 2.43. The molecule has 0 amide bonds. The average molecular weight is 237 g/mol. The number of hydrogen-bond donors (Lipinski definition) is 1. The van der Waals surface area contributed by atoms with Crippen molar-refractivity contribution in [3.05, 3.63) is 11.7 Å². The van der Waals surface area contributed by atoms with Crippen LogP contribution in [0.1, 0.15) is 49.7 Å². The molecule has 5 heteroatoms. The third-order valence-corrected chi connectivity index (χ3v) is 4.09. The fourth-order valence-electron chi connectivity index (χ4n) is 2.67. The molecule has 1 aromatic heterocycles. The lowest BCUT2D eigenvalue weighted by atomic mass is 9.79. The Morgan fingerprint density at radius 2 is 2.12 bits per heavy atom. The van der Waals surface area contributed by atoms with Crippen molar-refractivity contribution >= 4 is 0 Å². The van der Waals surface area contributed by atoms with Gasteiger partial charge < -0.3 is 14.6 Å². The summed E-state index contributed by atoms with van der Waals surface area (Å²) in [6.45, 7) is 2.08. The van der Waals surface area contributed by atoms with E-state index >= 15 is 0 Å². The Morgan fingerprint density at radius 1 is 1.35 bits per heavy atom. The summed E-state index contributed by atoms with van der Waals surface area (Å²) in [6, 6.07) is 0. The second kappa shape index (κ2) is 4.38. The van der Waals surface area contributed by atoms with Crippen molar-refractivity contribution in [3.63, 3.8) is 0 Å². The topological polar surface area (TPSA) is 60.2 Å². The molecule has 1 aromatic rings. The van der Waals surface area contributed by atoms with Crippen LogP contribution in [0, 0.1) is 0 Å². The first-order valence-corrected chi connectivity index (χ1v) is 6.44. The van der Waals surface area contributed by atoms with Gasteiger partial charge in [-0.25, -0.2) is 0 Å². The van der Waals surface area contributed by atoms with Gasteiger partial charge >= 0.3 is 0 Å². The predicted molar refractivity (Wildman–Crippen MR) is 61.7 cm³/mol. The van der Waals surface area contributed by atoms with Gasteiger partial charge in [-0.1, -0.05) is 5.16 Å². The molecular formula is C12H19N3O2. The molecule has 0 bridgehead atoms. The Morgan fingerprint density at radius 3 is 2.71 bits per heavy atom. The van der Waals surface area contributed by atoms with Gasteiger partial charge in [-0.05, 0) is 45.2 Å². The number of rotatable bonds is 3. The molecule has 0 atom stereocenters. The minimum atomic E-state index is -0.255. The van der Waals surface area contributed by atoms with Gasteiger partial charge in [-0.3, -0.25) is 0 Å². The van der Waals surface area contributed by atoms with Crippen LogP contribution in [-0.4, -0.2) is 30.3 Å². The molecule has 1 N–H and O–H groups in total. The first kappa shape index (κ1) is 11.2. The predicted octanol–water partition coefficient (Wildman–Crippen LogP) is 1.56. The third-order valence-electron chi connectivity index (χ3n) is 4.09. The summed E-state index contributed by atoms with van der Waals surface area (Å²) in [7, 11) is 1.74. The number of piperidine rings is 1. The molecule has 0 radical (unpaired) electrons. The van der Waals surface area contributed by atoms with Crippen molar-refractivity contribution in [1.82, 2.24) is 15.5 Å². The number of nitrogens with zero attached hydrogens (tertiary/aromatic N) is 2. The van der Waals surface area contributed by atoms with E-state index < -0.39 is 0 Å². The maximum Gasteiger partial charge on any atom is 0.229 e. The van der Waals surface area contributed by atoms with Crippen molar-refractivity contribution < 1.29 is 9.26 Å². The number of hydrogen-bond acceptors (Lipinski definition) is 5. The van der Waals surface area contributed by atoms with Crippen LogP contribution in [-0.2, 0) is 10.3 Å². The van der Waals surface area contributed by atoms with Crippen LogP contribution in [0.5, 0.6) is 0 Å². The molecule has 1 saturated carbocycles. The van der Waals surface area contributed by atoms with Crippen LogP contribution >= 0.6 is 0 Å². The standard InChI is InChI=1S/C12H19N3O2/c1-16-12(5-2-6-12)11-14-10(17-15-11)9-3-7-13-8-4-9/h9,13H,2-8H2,1H3. The molecule has 2 aliphatic rings. The van der Waals surface area contributed by atoms with Crippen molar-refractivity contribution in [2.24, 2.45) is 0 Å². The lowest BCUT2D eigenvalue weighted by Gasteiger charge is -2.37. The van der Waals surface area contributed by atoms with Gasteiger partial charge in [0.05, 0.1) is 0 Å². The summed E-state index contributed by atoms with van der Waals surface area (Å²) in [6.07, 6.45) is 5.37. The number of nitrogens with one attached hydrogen (secondary N) is 1. The lowest BCUT2D eigenvalue weighted by Crippen LogP contribution is -2.37. The summed E-state index contributed by atoms with van der Waals surface area (Å²) in [5.41, 5.74) is -0.255. The highest BCUT2D eigenvalue weighted by Gasteiger charge is 2.43. The molecule has 1 saturated heterocycles. The Hall–Kier alpha value is -0.940. The number of ether oxygens (including phenoxy) is 1. The molecule has 17 heavy (non-hydrogen) atoms. The molecule has 1 aliphatic heterocycles. The monoisotopic (exact) mass is 237 g/mol. The smallest absolute Gasteiger partial charge is 0.229 e. The van der Waals surface area contributed by atoms with E-state index in [-0.39, 0.29) is 5.60 Å². The Labute approximate surface area is 101 Å². The Kier molecular flexibility index (Phi) is 2.88. The van der Waals surface area contributed by atoms with Gasteiger partial charge in [-0.2, -0.15) is 4.98 Å². The van der Waals surface area contributed by atoms with Gasteiger partial charge in [0, 0.05) is 13.0 Å². The SMILES string of the molecule is COC1(c2noc(C3CCNCC3)n2)CCC1. The third kappa shape index (κ3) is 1.87. The Bertz CT molecular complexity index is 375. The molecule has 0 spiro atoms. The first-order valence-electron chi connectivity index (χ1n) is 6.44. The van der Waals surface area contributed by atoms with Crippen LogP contribution in [0.15, 0.2) is 4.52 Å². The van der Waals surface area contributed by atoms with E-state index in [9.17, 15) is 0 Å². The van der Waals surface area contributed by atoms with E-state index in [0.717, 1.165) is 50.5 Å². The van der Waals surface area contributed by atoms with E-state index in [1.807, 2.05) is 0 Å². The largest absolute Gasteiger partial charge is 0.370 e. The number of aromatic nitrogens is 2. The van der Waals surface area contributed by atoms with E-state index in [1.165, 1.54) is 6.42 Å². The van der Waals surface area contributed by atoms with E-state index in [0.29, 0.717) is 5.92 Å². The Balaban J connectivity index is 1.77. The van der Waals surface area contributed by atoms with Gasteiger partial charge in [-0.15, -0.1) is 0 Å². The van der Waals surface area contributed by atoms with Gasteiger partial charge in [0.15, 0.2) is 0 Å². The number of methoxy groups -OCH3 is 1. The quantitative estimate of drug-likeness (QED) is 0.864. The molecule has 0 unspecified atom stereocenters. The maximum atomic E-state index is 5.56. The van der Waals surface area contributed by atoms with Gasteiger partial charge in [0.1, 0.15) is 5.60 Å². The molecule has 5 nitrogen and oxygen atoms in total. The minimum absolute atomic E-state index is 0.255. The molecule has 1 aliphatic carbocycles. The summed E-state index contributed by atoms with van der Waals surface area (Å²) < 4.78 is 11.0. The van der Waals surface area contributed by atoms with Gasteiger partial charge in [0.2, 0.25) is 11.7 Å². The molecule has 3 rings (SSSR count). The highest BCUT2D eigenvalue weighted by molar-refractivity contribution is 5.08. The second-order valence-electron chi connectivity index (χ2n) is 5.03. The molecule has 2 heterocycles. The van der Waals surface area contributed by atoms with Crippen LogP contribution < -0.4 is 5.32 Å². The summed E-state index contributed by atoms with van der Waals surface area (Å²) >= 11 is 0. The van der Waals surface area contributed by atoms with Crippen molar-refractivity contribution in [1.29, 1.82) is 0 Å². The average Bonchev–Trinajstić information content (AvgIpc) is 2.80. The fourth-order valence-corrected chi connectivity index (χ4v) is 2.67. The second-order valence-corrected chi connectivity index (χ2v) is 5.03. The first-order chi connectivity index (χ1) is 8.34. The fraction of sp³-hybridized carbons (Fsp3) is 0.833. The van der Waals surface area contributed by atoms with Crippen LogP contribution in [0.4, 0.5) is 0 Å². The normalized spacial score (nSPS) is 24.5. The molecular weight excluding hydrogens is 218 g/mol. The van der Waals surface area contributed by atoms with Crippen molar-refractivity contribution in [3.8, 4) is 0 Å². The summed E-state index contributed by atoms with van der Waals surface area (Å²) in [5, 5.41) is 7.47. The highest BCUT2D eigenvalue weighted by atomic mass is 16.5. The van der Waals surface area contributed by atoms with Crippen LogP contribution in [0.3, 0.4) is 0 Å². The minimum Gasteiger partial charge on any atom is -0.370 e. The maximum absolute atomic E-state index is 5.56. The lowest BCUT2D eigenvalue weighted by molar-refractivity contribution is -0.0858. The van der Waals surface area contributed by atoms with Crippen LogP contribution in [0.2, 0.25) is 0 Å². The van der Waals surface area contributed by atoms with E-state index in [4.69, 9.17) is 9.26 Å². The zero-order chi connectivity index (χ0) is 11.7. The molecule has 94 valence electrons. The summed E-state index contributed by atoms with van der Waals surface area (Å²) in [5.74, 6) is 1.97. The molecule has 0 aromatic carbocycles. The molecule has 2 fully saturated rings. The van der Waals surface area contributed by atoms with Crippen molar-refractivity contribution in [2.45, 2.75) is 43.6 Å². The van der Waals surface area contributed by atoms with E-state index in [2.05, 4.69) is 15.5 Å². The zero-order valence-electron chi connectivity index (χ0n) is 10.2. The van der Waals surface area contributed by atoms with Gasteiger partial charge in [0.25, 0.3) is 0 Å². The van der Waals surface area contributed by atoms with Crippen molar-refractivity contribution in [2.75, 3.05) is 20.2 Å².